The summed E-state index contributed by atoms with van der Waals surface area (Å²) >= 11 is 0. The number of benzene rings is 2. The number of amides is 1. The van der Waals surface area contributed by atoms with Gasteiger partial charge in [-0.15, -0.1) is 0 Å². The third kappa shape index (κ3) is 5.47. The monoisotopic (exact) mass is 458 g/mol. The van der Waals surface area contributed by atoms with Crippen LogP contribution in [0.5, 0.6) is 5.75 Å². The van der Waals surface area contributed by atoms with Crippen LogP contribution in [-0.2, 0) is 21.4 Å². The Kier molecular flexibility index (Phi) is 7.10. The number of phenolic OH excluding ortho intramolecular Hbond substituents is 1. The third-order valence-corrected chi connectivity index (χ3v) is 7.92. The van der Waals surface area contributed by atoms with Crippen LogP contribution in [0.2, 0.25) is 0 Å². The number of phenols is 1. The van der Waals surface area contributed by atoms with E-state index >= 15 is 0 Å². The lowest BCUT2D eigenvalue weighted by molar-refractivity contribution is -0.117. The number of carbonyl (C=O) groups excluding carboxylic acids is 1. The average Bonchev–Trinajstić information content (AvgIpc) is 3.33. The van der Waals surface area contributed by atoms with Crippen LogP contribution < -0.4 is 5.32 Å². The number of rotatable bonds is 7. The van der Waals surface area contributed by atoms with Gasteiger partial charge in [-0.3, -0.25) is 14.6 Å². The Hall–Kier alpha value is -2.46. The Balaban J connectivity index is 1.31. The molecule has 8 nitrogen and oxygen atoms in total. The second-order valence-corrected chi connectivity index (χ2v) is 10.3. The molecule has 2 saturated heterocycles. The van der Waals surface area contributed by atoms with Gasteiger partial charge in [0.25, 0.3) is 0 Å². The van der Waals surface area contributed by atoms with Crippen LogP contribution >= 0.6 is 0 Å². The standard InChI is InChI=1S/C23H30N4O4S/c28-22-9-8-20(32(30,31)27-10-4-5-11-27)16-21(22)24-23(29)18-26-14-12-25(13-15-26)17-19-6-2-1-3-7-19/h1-3,6-9,16,28H,4-5,10-15,17-18H2,(H,24,29). The minimum Gasteiger partial charge on any atom is -0.506 e. The zero-order valence-electron chi connectivity index (χ0n) is 18.1. The zero-order valence-corrected chi connectivity index (χ0v) is 18.9. The highest BCUT2D eigenvalue weighted by atomic mass is 32.2. The normalized spacial score (nSPS) is 18.6. The van der Waals surface area contributed by atoms with Crippen LogP contribution in [0.1, 0.15) is 18.4 Å². The first kappa shape index (κ1) is 22.7. The summed E-state index contributed by atoms with van der Waals surface area (Å²) in [7, 11) is -3.62. The fourth-order valence-electron chi connectivity index (χ4n) is 4.19. The fourth-order valence-corrected chi connectivity index (χ4v) is 5.74. The summed E-state index contributed by atoms with van der Waals surface area (Å²) in [4.78, 5) is 17.1. The van der Waals surface area contributed by atoms with Gasteiger partial charge in [-0.05, 0) is 36.6 Å². The number of hydrogen-bond donors (Lipinski definition) is 2. The van der Waals surface area contributed by atoms with Crippen molar-refractivity contribution >= 4 is 21.6 Å². The number of aromatic hydroxyl groups is 1. The molecule has 32 heavy (non-hydrogen) atoms. The molecule has 2 N–H and O–H groups in total. The Morgan fingerprint density at radius 1 is 0.906 bits per heavy atom. The fraction of sp³-hybridized carbons (Fsp3) is 0.435. The average molecular weight is 459 g/mol. The summed E-state index contributed by atoms with van der Waals surface area (Å²) in [6.45, 7) is 5.39. The van der Waals surface area contributed by atoms with Crippen molar-refractivity contribution in [3.05, 3.63) is 54.1 Å². The van der Waals surface area contributed by atoms with Crippen molar-refractivity contribution in [1.29, 1.82) is 0 Å². The quantitative estimate of drug-likeness (QED) is 0.616. The third-order valence-electron chi connectivity index (χ3n) is 6.03. The molecule has 2 aromatic rings. The van der Waals surface area contributed by atoms with Gasteiger partial charge in [0.15, 0.2) is 0 Å². The van der Waals surface area contributed by atoms with E-state index in [1.54, 1.807) is 0 Å². The lowest BCUT2D eigenvalue weighted by Crippen LogP contribution is -2.48. The van der Waals surface area contributed by atoms with E-state index in [0.29, 0.717) is 13.1 Å². The molecule has 2 aliphatic heterocycles. The van der Waals surface area contributed by atoms with Gasteiger partial charge in [0, 0.05) is 45.8 Å². The van der Waals surface area contributed by atoms with Gasteiger partial charge < -0.3 is 10.4 Å². The summed E-state index contributed by atoms with van der Waals surface area (Å²) in [5, 5.41) is 12.8. The first-order valence-electron chi connectivity index (χ1n) is 11.0. The Morgan fingerprint density at radius 2 is 1.56 bits per heavy atom. The summed E-state index contributed by atoms with van der Waals surface area (Å²) < 4.78 is 27.0. The largest absolute Gasteiger partial charge is 0.506 e. The van der Waals surface area contributed by atoms with Gasteiger partial charge in [-0.2, -0.15) is 4.31 Å². The van der Waals surface area contributed by atoms with Gasteiger partial charge in [0.05, 0.1) is 17.1 Å². The second kappa shape index (κ2) is 9.99. The van der Waals surface area contributed by atoms with E-state index in [-0.39, 0.29) is 28.8 Å². The minimum atomic E-state index is -3.62. The van der Waals surface area contributed by atoms with E-state index < -0.39 is 10.0 Å². The number of nitrogens with zero attached hydrogens (tertiary/aromatic N) is 3. The molecule has 2 fully saturated rings. The molecule has 172 valence electrons. The number of nitrogens with one attached hydrogen (secondary N) is 1. The highest BCUT2D eigenvalue weighted by Crippen LogP contribution is 2.29. The van der Waals surface area contributed by atoms with E-state index in [2.05, 4.69) is 27.2 Å². The lowest BCUT2D eigenvalue weighted by atomic mass is 10.2. The molecular formula is C23H30N4O4S. The van der Waals surface area contributed by atoms with Crippen molar-refractivity contribution in [1.82, 2.24) is 14.1 Å². The van der Waals surface area contributed by atoms with E-state index in [1.807, 2.05) is 18.2 Å². The number of sulfonamides is 1. The Morgan fingerprint density at radius 3 is 2.25 bits per heavy atom. The van der Waals surface area contributed by atoms with Gasteiger partial charge in [0.2, 0.25) is 15.9 Å². The van der Waals surface area contributed by atoms with Gasteiger partial charge >= 0.3 is 0 Å². The molecule has 0 unspecified atom stereocenters. The van der Waals surface area contributed by atoms with Crippen LogP contribution in [0.3, 0.4) is 0 Å². The highest BCUT2D eigenvalue weighted by Gasteiger charge is 2.28. The first-order valence-corrected chi connectivity index (χ1v) is 12.5. The number of carbonyl (C=O) groups is 1. The summed E-state index contributed by atoms with van der Waals surface area (Å²) in [5.41, 5.74) is 1.40. The molecule has 0 bridgehead atoms. The van der Waals surface area contributed by atoms with Crippen molar-refractivity contribution in [3.63, 3.8) is 0 Å². The molecule has 1 amide bonds. The van der Waals surface area contributed by atoms with Crippen molar-refractivity contribution in [2.75, 3.05) is 51.1 Å². The second-order valence-electron chi connectivity index (χ2n) is 8.38. The molecule has 0 aliphatic carbocycles. The SMILES string of the molecule is O=C(CN1CCN(Cc2ccccc2)CC1)Nc1cc(S(=O)(=O)N2CCCC2)ccc1O. The summed E-state index contributed by atoms with van der Waals surface area (Å²) in [6, 6.07) is 14.4. The molecule has 9 heteroatoms. The minimum absolute atomic E-state index is 0.0852. The summed E-state index contributed by atoms with van der Waals surface area (Å²) in [5.74, 6) is -0.418. The molecule has 4 rings (SSSR count). The molecule has 0 aromatic heterocycles. The molecular weight excluding hydrogens is 428 g/mol. The molecule has 0 atom stereocenters. The zero-order chi connectivity index (χ0) is 22.6. The molecule has 0 saturated carbocycles. The van der Waals surface area contributed by atoms with Crippen molar-refractivity contribution < 1.29 is 18.3 Å². The maximum absolute atomic E-state index is 12.8. The Labute approximate surface area is 189 Å². The van der Waals surface area contributed by atoms with Crippen molar-refractivity contribution in [2.45, 2.75) is 24.3 Å². The highest BCUT2D eigenvalue weighted by molar-refractivity contribution is 7.89. The molecule has 0 radical (unpaired) electrons. The first-order chi connectivity index (χ1) is 15.4. The maximum Gasteiger partial charge on any atom is 0.243 e. The van der Waals surface area contributed by atoms with Crippen LogP contribution in [-0.4, -0.2) is 79.3 Å². The lowest BCUT2D eigenvalue weighted by Gasteiger charge is -2.34. The molecule has 2 aromatic carbocycles. The maximum atomic E-state index is 12.8. The number of piperazine rings is 1. The van der Waals surface area contributed by atoms with Gasteiger partial charge in [-0.25, -0.2) is 8.42 Å². The van der Waals surface area contributed by atoms with E-state index in [1.165, 1.54) is 28.1 Å². The van der Waals surface area contributed by atoms with E-state index in [0.717, 1.165) is 45.6 Å². The van der Waals surface area contributed by atoms with Crippen LogP contribution in [0.25, 0.3) is 0 Å². The van der Waals surface area contributed by atoms with Crippen LogP contribution in [0.4, 0.5) is 5.69 Å². The van der Waals surface area contributed by atoms with Gasteiger partial charge in [0.1, 0.15) is 5.75 Å². The predicted octanol–water partition coefficient (Wildman–Crippen LogP) is 1.93. The Bertz CT molecular complexity index is 1030. The summed E-state index contributed by atoms with van der Waals surface area (Å²) in [6.07, 6.45) is 1.69. The van der Waals surface area contributed by atoms with Crippen LogP contribution in [0, 0.1) is 0 Å². The number of anilines is 1. The molecule has 2 heterocycles. The smallest absolute Gasteiger partial charge is 0.243 e. The molecule has 2 aliphatic rings. The molecule has 0 spiro atoms. The predicted molar refractivity (Wildman–Crippen MR) is 123 cm³/mol. The van der Waals surface area contributed by atoms with Gasteiger partial charge in [-0.1, -0.05) is 30.3 Å². The topological polar surface area (TPSA) is 93.2 Å². The van der Waals surface area contributed by atoms with E-state index in [4.69, 9.17) is 0 Å². The van der Waals surface area contributed by atoms with Crippen LogP contribution in [0.15, 0.2) is 53.4 Å². The van der Waals surface area contributed by atoms with Crippen molar-refractivity contribution in [2.24, 2.45) is 0 Å². The van der Waals surface area contributed by atoms with E-state index in [9.17, 15) is 18.3 Å². The number of hydrogen-bond acceptors (Lipinski definition) is 6. The van der Waals surface area contributed by atoms with Crippen molar-refractivity contribution in [3.8, 4) is 5.75 Å².